The number of nitrogens with zero attached hydrogens (tertiary/aromatic N) is 1. The average molecular weight is 380 g/mol. The van der Waals surface area contributed by atoms with E-state index in [1.165, 1.54) is 0 Å². The third-order valence-electron chi connectivity index (χ3n) is 4.35. The highest BCUT2D eigenvalue weighted by Gasteiger charge is 2.14. The Bertz CT molecular complexity index is 1030. The third kappa shape index (κ3) is 4.58. The van der Waals surface area contributed by atoms with Crippen molar-refractivity contribution in [3.63, 3.8) is 0 Å². The molecule has 1 N–H and O–H groups in total. The van der Waals surface area contributed by atoms with E-state index in [0.29, 0.717) is 34.6 Å². The molecule has 0 unspecified atom stereocenters. The van der Waals surface area contributed by atoms with Crippen LogP contribution in [-0.4, -0.2) is 44.6 Å². The number of hydrogen-bond donors (Lipinski definition) is 1. The molecule has 0 aliphatic rings. The molecule has 0 fully saturated rings. The molecule has 6 nitrogen and oxygen atoms in total. The molecule has 0 saturated carbocycles. The Morgan fingerprint density at radius 1 is 1.14 bits per heavy atom. The lowest BCUT2D eigenvalue weighted by molar-refractivity contribution is -0.123. The molecule has 146 valence electrons. The summed E-state index contributed by atoms with van der Waals surface area (Å²) in [6.07, 6.45) is 0. The number of carbonyl (C=O) groups is 1. The molecular weight excluding hydrogens is 356 g/mol. The van der Waals surface area contributed by atoms with Gasteiger partial charge in [-0.3, -0.25) is 9.59 Å². The van der Waals surface area contributed by atoms with E-state index in [9.17, 15) is 9.59 Å². The molecule has 0 radical (unpaired) electrons. The Morgan fingerprint density at radius 3 is 2.61 bits per heavy atom. The lowest BCUT2D eigenvalue weighted by Gasteiger charge is -2.11. The number of amides is 1. The Balaban J connectivity index is 1.78. The van der Waals surface area contributed by atoms with Crippen LogP contribution >= 0.6 is 0 Å². The van der Waals surface area contributed by atoms with Crippen LogP contribution < -0.4 is 15.5 Å². The number of aryl methyl sites for hydroxylation is 1. The Hall–Kier alpha value is -3.12. The molecule has 2 aromatic carbocycles. The summed E-state index contributed by atoms with van der Waals surface area (Å²) in [5.74, 6) is 0.826. The van der Waals surface area contributed by atoms with Gasteiger partial charge in [0, 0.05) is 19.2 Å². The minimum absolute atomic E-state index is 0.0853. The molecule has 1 amide bonds. The second-order valence-corrected chi connectivity index (χ2v) is 6.83. The van der Waals surface area contributed by atoms with E-state index in [4.69, 9.17) is 9.15 Å². The van der Waals surface area contributed by atoms with Crippen molar-refractivity contribution in [3.8, 4) is 16.9 Å². The van der Waals surface area contributed by atoms with E-state index in [0.717, 1.165) is 12.1 Å². The molecular formula is C22H24N2O4. The van der Waals surface area contributed by atoms with Crippen molar-refractivity contribution in [2.45, 2.75) is 6.92 Å². The van der Waals surface area contributed by atoms with Gasteiger partial charge in [-0.05, 0) is 38.7 Å². The standard InChI is InChI=1S/C22H24N2O4/c1-15-21(16-7-5-4-6-8-16)22(26)18-10-9-17(13-19(18)28-15)27-14-20(25)23-11-12-24(2)3/h4-10,13H,11-12,14H2,1-3H3,(H,23,25). The molecule has 0 atom stereocenters. The smallest absolute Gasteiger partial charge is 0.257 e. The van der Waals surface area contributed by atoms with Crippen LogP contribution in [0.4, 0.5) is 0 Å². The first-order valence-corrected chi connectivity index (χ1v) is 9.13. The zero-order valence-electron chi connectivity index (χ0n) is 16.3. The average Bonchev–Trinajstić information content (AvgIpc) is 2.66. The molecule has 28 heavy (non-hydrogen) atoms. The lowest BCUT2D eigenvalue weighted by atomic mass is 10.0. The van der Waals surface area contributed by atoms with Crippen molar-refractivity contribution < 1.29 is 13.9 Å². The SMILES string of the molecule is Cc1oc2cc(OCC(=O)NCCN(C)C)ccc2c(=O)c1-c1ccccc1. The maximum Gasteiger partial charge on any atom is 0.257 e. The quantitative estimate of drug-likeness (QED) is 0.682. The normalized spacial score (nSPS) is 11.0. The van der Waals surface area contributed by atoms with Crippen LogP contribution in [0, 0.1) is 6.92 Å². The largest absolute Gasteiger partial charge is 0.484 e. The van der Waals surface area contributed by atoms with Gasteiger partial charge in [-0.25, -0.2) is 0 Å². The number of benzene rings is 2. The Labute approximate surface area is 163 Å². The van der Waals surface area contributed by atoms with Crippen LogP contribution in [0.3, 0.4) is 0 Å². The maximum absolute atomic E-state index is 12.9. The number of fused-ring (bicyclic) bond motifs is 1. The van der Waals surface area contributed by atoms with E-state index in [2.05, 4.69) is 5.32 Å². The fourth-order valence-electron chi connectivity index (χ4n) is 2.93. The fourth-order valence-corrected chi connectivity index (χ4v) is 2.93. The van der Waals surface area contributed by atoms with Crippen molar-refractivity contribution in [3.05, 3.63) is 64.5 Å². The minimum Gasteiger partial charge on any atom is -0.484 e. The van der Waals surface area contributed by atoms with Crippen LogP contribution in [0.25, 0.3) is 22.1 Å². The van der Waals surface area contributed by atoms with Gasteiger partial charge in [0.25, 0.3) is 5.91 Å². The highest BCUT2D eigenvalue weighted by atomic mass is 16.5. The molecule has 0 aliphatic heterocycles. The number of rotatable bonds is 7. The van der Waals surface area contributed by atoms with Crippen molar-refractivity contribution >= 4 is 16.9 Å². The van der Waals surface area contributed by atoms with E-state index in [1.54, 1.807) is 25.1 Å². The second kappa shape index (κ2) is 8.71. The number of likely N-dealkylation sites (N-methyl/N-ethyl adjacent to an activating group) is 1. The lowest BCUT2D eigenvalue weighted by Crippen LogP contribution is -2.34. The molecule has 6 heteroatoms. The highest BCUT2D eigenvalue weighted by molar-refractivity contribution is 5.84. The first kappa shape index (κ1) is 19.6. The van der Waals surface area contributed by atoms with Gasteiger partial charge in [-0.15, -0.1) is 0 Å². The monoisotopic (exact) mass is 380 g/mol. The predicted octanol–water partition coefficient (Wildman–Crippen LogP) is 2.83. The van der Waals surface area contributed by atoms with Gasteiger partial charge in [0.05, 0.1) is 10.9 Å². The summed E-state index contributed by atoms with van der Waals surface area (Å²) in [6, 6.07) is 14.4. The molecule has 1 heterocycles. The van der Waals surface area contributed by atoms with Gasteiger partial charge in [-0.1, -0.05) is 30.3 Å². The first-order chi connectivity index (χ1) is 13.5. The molecule has 0 bridgehead atoms. The van der Waals surface area contributed by atoms with Crippen LogP contribution in [0.15, 0.2) is 57.7 Å². The fraction of sp³-hybridized carbons (Fsp3) is 0.273. The maximum atomic E-state index is 12.9. The molecule has 1 aromatic heterocycles. The summed E-state index contributed by atoms with van der Waals surface area (Å²) >= 11 is 0. The Morgan fingerprint density at radius 2 is 1.89 bits per heavy atom. The topological polar surface area (TPSA) is 71.8 Å². The summed E-state index contributed by atoms with van der Waals surface area (Å²) in [4.78, 5) is 26.8. The zero-order chi connectivity index (χ0) is 20.1. The minimum atomic E-state index is -0.195. The Kier molecular flexibility index (Phi) is 6.11. The number of hydrogen-bond acceptors (Lipinski definition) is 5. The van der Waals surface area contributed by atoms with Crippen molar-refractivity contribution in [1.82, 2.24) is 10.2 Å². The van der Waals surface area contributed by atoms with Gasteiger partial charge in [0.1, 0.15) is 17.1 Å². The third-order valence-corrected chi connectivity index (χ3v) is 4.35. The summed E-state index contributed by atoms with van der Waals surface area (Å²) in [5.41, 5.74) is 1.73. The van der Waals surface area contributed by atoms with Gasteiger partial charge in [0.15, 0.2) is 6.61 Å². The van der Waals surface area contributed by atoms with Crippen LogP contribution in [0.5, 0.6) is 5.75 Å². The van der Waals surface area contributed by atoms with E-state index in [-0.39, 0.29) is 17.9 Å². The number of nitrogens with one attached hydrogen (secondary N) is 1. The van der Waals surface area contributed by atoms with Crippen LogP contribution in [-0.2, 0) is 4.79 Å². The molecule has 0 saturated heterocycles. The summed E-state index contributed by atoms with van der Waals surface area (Å²) < 4.78 is 11.4. The van der Waals surface area contributed by atoms with Gasteiger partial charge in [0.2, 0.25) is 5.43 Å². The number of ether oxygens (including phenoxy) is 1. The molecule has 0 aliphatic carbocycles. The summed E-state index contributed by atoms with van der Waals surface area (Å²) in [7, 11) is 3.88. The molecule has 3 rings (SSSR count). The van der Waals surface area contributed by atoms with Crippen LogP contribution in [0.1, 0.15) is 5.76 Å². The predicted molar refractivity (Wildman–Crippen MR) is 110 cm³/mol. The van der Waals surface area contributed by atoms with Crippen molar-refractivity contribution in [2.75, 3.05) is 33.8 Å². The van der Waals surface area contributed by atoms with Gasteiger partial charge >= 0.3 is 0 Å². The molecule has 0 spiro atoms. The van der Waals surface area contributed by atoms with Gasteiger partial charge in [-0.2, -0.15) is 0 Å². The summed E-state index contributed by atoms with van der Waals surface area (Å²) in [6.45, 7) is 3.00. The van der Waals surface area contributed by atoms with Crippen LogP contribution in [0.2, 0.25) is 0 Å². The van der Waals surface area contributed by atoms with E-state index >= 15 is 0 Å². The van der Waals surface area contributed by atoms with Crippen molar-refractivity contribution in [1.29, 1.82) is 0 Å². The number of carbonyl (C=O) groups excluding carboxylic acids is 1. The second-order valence-electron chi connectivity index (χ2n) is 6.83. The van der Waals surface area contributed by atoms with E-state index < -0.39 is 0 Å². The first-order valence-electron chi connectivity index (χ1n) is 9.13. The zero-order valence-corrected chi connectivity index (χ0v) is 16.3. The summed E-state index contributed by atoms with van der Waals surface area (Å²) in [5, 5.41) is 3.27. The van der Waals surface area contributed by atoms with Crippen molar-refractivity contribution in [2.24, 2.45) is 0 Å². The molecule has 3 aromatic rings. The van der Waals surface area contributed by atoms with Gasteiger partial charge < -0.3 is 19.4 Å². The highest BCUT2D eigenvalue weighted by Crippen LogP contribution is 2.26. The van der Waals surface area contributed by atoms with E-state index in [1.807, 2.05) is 49.3 Å².